The predicted octanol–water partition coefficient (Wildman–Crippen LogP) is -0.152. The molecule has 1 amide bonds. The van der Waals surface area contributed by atoms with Crippen LogP contribution in [-0.4, -0.2) is 40.7 Å². The second kappa shape index (κ2) is 4.23. The number of aliphatic carboxylic acids is 1. The lowest BCUT2D eigenvalue weighted by Gasteiger charge is -2.15. The van der Waals surface area contributed by atoms with E-state index in [9.17, 15) is 9.59 Å². The summed E-state index contributed by atoms with van der Waals surface area (Å²) in [6, 6.07) is 0. The number of thiol groups is 1. The van der Waals surface area contributed by atoms with Gasteiger partial charge in [-0.15, -0.1) is 0 Å². The summed E-state index contributed by atoms with van der Waals surface area (Å²) in [5.74, 6) is -1.30. The first kappa shape index (κ1) is 10.3. The molecule has 0 fully saturated rings. The van der Waals surface area contributed by atoms with Crippen LogP contribution in [0.15, 0.2) is 0 Å². The first-order valence-corrected chi connectivity index (χ1v) is 3.61. The van der Waals surface area contributed by atoms with Gasteiger partial charge in [0.2, 0.25) is 5.91 Å². The van der Waals surface area contributed by atoms with E-state index in [0.29, 0.717) is 0 Å². The molecular weight excluding hydrogens is 166 g/mol. The van der Waals surface area contributed by atoms with Crippen LogP contribution in [0.25, 0.3) is 0 Å². The average molecular weight is 177 g/mol. The van der Waals surface area contributed by atoms with Crippen LogP contribution in [0.1, 0.15) is 6.92 Å². The van der Waals surface area contributed by atoms with Crippen molar-refractivity contribution in [2.45, 2.75) is 12.2 Å². The summed E-state index contributed by atoms with van der Waals surface area (Å²) in [5, 5.41) is 7.85. The number of likely N-dealkylation sites (N-methyl/N-ethyl adjacent to an activating group) is 1. The van der Waals surface area contributed by atoms with Crippen LogP contribution < -0.4 is 0 Å². The molecule has 0 saturated carbocycles. The SMILES string of the molecule is CC(S)C(=O)N(C)CC(=O)O. The minimum absolute atomic E-state index is 0.274. The van der Waals surface area contributed by atoms with E-state index in [-0.39, 0.29) is 12.5 Å². The fraction of sp³-hybridized carbons (Fsp3) is 0.667. The van der Waals surface area contributed by atoms with Gasteiger partial charge in [-0.2, -0.15) is 12.6 Å². The summed E-state index contributed by atoms with van der Waals surface area (Å²) >= 11 is 3.87. The van der Waals surface area contributed by atoms with Gasteiger partial charge in [-0.3, -0.25) is 9.59 Å². The van der Waals surface area contributed by atoms with Gasteiger partial charge < -0.3 is 10.0 Å². The number of hydrogen-bond acceptors (Lipinski definition) is 3. The summed E-state index contributed by atoms with van der Waals surface area (Å²) in [4.78, 5) is 22.2. The van der Waals surface area contributed by atoms with Crippen LogP contribution in [0.3, 0.4) is 0 Å². The van der Waals surface area contributed by atoms with E-state index in [1.54, 1.807) is 6.92 Å². The van der Waals surface area contributed by atoms with Crippen LogP contribution in [-0.2, 0) is 9.59 Å². The van der Waals surface area contributed by atoms with Crippen molar-refractivity contribution >= 4 is 24.5 Å². The van der Waals surface area contributed by atoms with Crippen molar-refractivity contribution < 1.29 is 14.7 Å². The lowest BCUT2D eigenvalue weighted by Crippen LogP contribution is -2.36. The molecule has 0 rings (SSSR count). The maximum absolute atomic E-state index is 11.0. The molecule has 1 N–H and O–H groups in total. The zero-order chi connectivity index (χ0) is 9.02. The first-order valence-electron chi connectivity index (χ1n) is 3.10. The summed E-state index contributed by atoms with van der Waals surface area (Å²) in [5.41, 5.74) is 0. The third kappa shape index (κ3) is 3.87. The molecule has 4 nitrogen and oxygen atoms in total. The van der Waals surface area contributed by atoms with Crippen molar-refractivity contribution in [3.05, 3.63) is 0 Å². The molecule has 0 aromatic heterocycles. The molecule has 0 spiro atoms. The Balaban J connectivity index is 3.93. The lowest BCUT2D eigenvalue weighted by atomic mass is 10.4. The Morgan fingerprint density at radius 3 is 2.36 bits per heavy atom. The molecule has 11 heavy (non-hydrogen) atoms. The van der Waals surface area contributed by atoms with Gasteiger partial charge in [0.15, 0.2) is 0 Å². The molecule has 0 bridgehead atoms. The summed E-state index contributed by atoms with van der Waals surface area (Å²) in [7, 11) is 1.43. The lowest BCUT2D eigenvalue weighted by molar-refractivity contribution is -0.143. The molecule has 0 aliphatic carbocycles. The van der Waals surface area contributed by atoms with E-state index in [2.05, 4.69) is 12.6 Å². The van der Waals surface area contributed by atoms with Crippen LogP contribution in [0.5, 0.6) is 0 Å². The van der Waals surface area contributed by atoms with Crippen molar-refractivity contribution in [3.8, 4) is 0 Å². The van der Waals surface area contributed by atoms with Gasteiger partial charge in [-0.25, -0.2) is 0 Å². The fourth-order valence-electron chi connectivity index (χ4n) is 0.600. The van der Waals surface area contributed by atoms with Crippen LogP contribution in [0, 0.1) is 0 Å². The quantitative estimate of drug-likeness (QED) is 0.589. The molecular formula is C6H11NO3S. The van der Waals surface area contributed by atoms with Crippen LogP contribution in [0.4, 0.5) is 0 Å². The predicted molar refractivity (Wildman–Crippen MR) is 43.7 cm³/mol. The monoisotopic (exact) mass is 177 g/mol. The first-order chi connectivity index (χ1) is 4.95. The van der Waals surface area contributed by atoms with E-state index < -0.39 is 11.2 Å². The molecule has 5 heteroatoms. The van der Waals surface area contributed by atoms with Gasteiger partial charge in [0, 0.05) is 7.05 Å². The van der Waals surface area contributed by atoms with Crippen molar-refractivity contribution in [2.75, 3.05) is 13.6 Å². The third-order valence-corrected chi connectivity index (χ3v) is 1.33. The van der Waals surface area contributed by atoms with E-state index in [4.69, 9.17) is 5.11 Å². The van der Waals surface area contributed by atoms with E-state index in [0.717, 1.165) is 4.90 Å². The van der Waals surface area contributed by atoms with Crippen molar-refractivity contribution in [1.82, 2.24) is 4.90 Å². The number of rotatable bonds is 3. The van der Waals surface area contributed by atoms with E-state index in [1.807, 2.05) is 0 Å². The highest BCUT2D eigenvalue weighted by molar-refractivity contribution is 7.81. The minimum atomic E-state index is -1.02. The molecule has 1 atom stereocenters. The zero-order valence-corrected chi connectivity index (χ0v) is 7.34. The van der Waals surface area contributed by atoms with Gasteiger partial charge in [-0.1, -0.05) is 0 Å². The maximum Gasteiger partial charge on any atom is 0.323 e. The van der Waals surface area contributed by atoms with Crippen molar-refractivity contribution in [2.24, 2.45) is 0 Å². The molecule has 0 aromatic rings. The molecule has 0 heterocycles. The van der Waals surface area contributed by atoms with Crippen LogP contribution >= 0.6 is 12.6 Å². The topological polar surface area (TPSA) is 57.6 Å². The van der Waals surface area contributed by atoms with Crippen LogP contribution in [0.2, 0.25) is 0 Å². The second-order valence-electron chi connectivity index (χ2n) is 2.26. The number of carbonyl (C=O) groups excluding carboxylic acids is 1. The third-order valence-electron chi connectivity index (χ3n) is 1.11. The number of carbonyl (C=O) groups is 2. The largest absolute Gasteiger partial charge is 0.480 e. The van der Waals surface area contributed by atoms with Gasteiger partial charge in [-0.05, 0) is 6.92 Å². The molecule has 0 radical (unpaired) electrons. The minimum Gasteiger partial charge on any atom is -0.480 e. The van der Waals surface area contributed by atoms with Crippen molar-refractivity contribution in [1.29, 1.82) is 0 Å². The summed E-state index contributed by atoms with van der Waals surface area (Å²) in [6.07, 6.45) is 0. The average Bonchev–Trinajstić information content (AvgIpc) is 1.84. The maximum atomic E-state index is 11.0. The number of hydrogen-bond donors (Lipinski definition) is 2. The van der Waals surface area contributed by atoms with Gasteiger partial charge in [0.25, 0.3) is 0 Å². The molecule has 64 valence electrons. The van der Waals surface area contributed by atoms with Gasteiger partial charge in [0.1, 0.15) is 6.54 Å². The Bertz CT molecular complexity index is 169. The van der Waals surface area contributed by atoms with Crippen molar-refractivity contribution in [3.63, 3.8) is 0 Å². The fourth-order valence-corrected chi connectivity index (χ4v) is 0.797. The highest BCUT2D eigenvalue weighted by Crippen LogP contribution is 1.97. The molecule has 0 saturated heterocycles. The molecule has 0 aromatic carbocycles. The summed E-state index contributed by atoms with van der Waals surface area (Å²) < 4.78 is 0. The summed E-state index contributed by atoms with van der Waals surface area (Å²) in [6.45, 7) is 1.33. The zero-order valence-electron chi connectivity index (χ0n) is 6.44. The Morgan fingerprint density at radius 1 is 1.64 bits per heavy atom. The standard InChI is InChI=1S/C6H11NO3S/c1-4(11)6(10)7(2)3-5(8)9/h4,11H,3H2,1-2H3,(H,8,9). The number of carboxylic acids is 1. The second-order valence-corrected chi connectivity index (χ2v) is 3.04. The number of nitrogens with zero attached hydrogens (tertiary/aromatic N) is 1. The Morgan fingerprint density at radius 2 is 2.09 bits per heavy atom. The number of carboxylic acid groups (broad SMARTS) is 1. The molecule has 0 aliphatic heterocycles. The van der Waals surface area contributed by atoms with Gasteiger partial charge in [0.05, 0.1) is 5.25 Å². The van der Waals surface area contributed by atoms with Gasteiger partial charge >= 0.3 is 5.97 Å². The normalized spacial score (nSPS) is 12.3. The van der Waals surface area contributed by atoms with E-state index >= 15 is 0 Å². The highest BCUT2D eigenvalue weighted by atomic mass is 32.1. The number of amides is 1. The Hall–Kier alpha value is -0.710. The molecule has 1 unspecified atom stereocenters. The smallest absolute Gasteiger partial charge is 0.323 e. The Kier molecular flexibility index (Phi) is 3.95. The molecule has 0 aliphatic rings. The van der Waals surface area contributed by atoms with E-state index in [1.165, 1.54) is 7.05 Å². The highest BCUT2D eigenvalue weighted by Gasteiger charge is 2.15. The Labute approximate surface area is 70.6 Å².